The van der Waals surface area contributed by atoms with E-state index < -0.39 is 0 Å². The first-order chi connectivity index (χ1) is 13.2. The van der Waals surface area contributed by atoms with Gasteiger partial charge in [0.25, 0.3) is 0 Å². The van der Waals surface area contributed by atoms with Crippen LogP contribution in [0.2, 0.25) is 0 Å². The topological polar surface area (TPSA) is 91.8 Å². The Kier molecular flexibility index (Phi) is 4.78. The highest BCUT2D eigenvalue weighted by Crippen LogP contribution is 2.24. The van der Waals surface area contributed by atoms with Gasteiger partial charge in [-0.3, -0.25) is 15.4 Å². The van der Waals surface area contributed by atoms with Crippen molar-refractivity contribution in [1.29, 1.82) is 5.41 Å². The van der Waals surface area contributed by atoms with Crippen molar-refractivity contribution >= 4 is 17.2 Å². The highest BCUT2D eigenvalue weighted by Gasteiger charge is 2.16. The highest BCUT2D eigenvalue weighted by atomic mass is 15.2. The molecule has 0 unspecified atom stereocenters. The lowest BCUT2D eigenvalue weighted by Gasteiger charge is -2.28. The van der Waals surface area contributed by atoms with Gasteiger partial charge in [0, 0.05) is 36.6 Å². The zero-order chi connectivity index (χ0) is 18.6. The van der Waals surface area contributed by atoms with Crippen molar-refractivity contribution in [1.82, 2.24) is 15.0 Å². The molecule has 0 atom stereocenters. The Morgan fingerprint density at radius 1 is 1.04 bits per heavy atom. The third kappa shape index (κ3) is 3.65. The van der Waals surface area contributed by atoms with Crippen LogP contribution in [0, 0.1) is 5.41 Å². The Bertz CT molecular complexity index is 948. The van der Waals surface area contributed by atoms with Crippen molar-refractivity contribution in [2.24, 2.45) is 0 Å². The fourth-order valence-corrected chi connectivity index (χ4v) is 3.35. The maximum atomic E-state index is 8.68. The third-order valence-corrected chi connectivity index (χ3v) is 4.83. The average Bonchev–Trinajstić information content (AvgIpc) is 2.75. The number of hydrogen-bond donors (Lipinski definition) is 2. The van der Waals surface area contributed by atoms with Gasteiger partial charge in [0.15, 0.2) is 0 Å². The lowest BCUT2D eigenvalue weighted by atomic mass is 10.0. The van der Waals surface area contributed by atoms with Crippen molar-refractivity contribution in [3.63, 3.8) is 0 Å². The van der Waals surface area contributed by atoms with Crippen LogP contribution in [0.4, 0.5) is 11.5 Å². The van der Waals surface area contributed by atoms with Gasteiger partial charge >= 0.3 is 0 Å². The fraction of sp³-hybridized carbons (Fsp3) is 0.238. The van der Waals surface area contributed by atoms with Crippen molar-refractivity contribution < 1.29 is 0 Å². The number of nitrogens with two attached hydrogens (primary N) is 1. The number of rotatable bonds is 4. The summed E-state index contributed by atoms with van der Waals surface area (Å²) in [6.07, 6.45) is 8.72. The summed E-state index contributed by atoms with van der Waals surface area (Å²) in [6.45, 7) is 2.04. The Hall–Kier alpha value is -3.28. The predicted octanol–water partition coefficient (Wildman–Crippen LogP) is 3.53. The molecule has 27 heavy (non-hydrogen) atoms. The van der Waals surface area contributed by atoms with Crippen LogP contribution >= 0.6 is 0 Å². The third-order valence-electron chi connectivity index (χ3n) is 4.83. The standard InChI is InChI=1S/C21H22N6/c22-17-14-25-19(15-6-5-9-24-13-15)12-16(17)21(23)18-7-4-8-20(26-18)27-10-2-1-3-11-27/h4-9,12-14,23H,1-3,10-11,22H2. The molecule has 1 fully saturated rings. The van der Waals surface area contributed by atoms with Gasteiger partial charge in [0.1, 0.15) is 5.82 Å². The summed E-state index contributed by atoms with van der Waals surface area (Å²) < 4.78 is 0. The Morgan fingerprint density at radius 2 is 1.89 bits per heavy atom. The largest absolute Gasteiger partial charge is 0.397 e. The molecule has 6 nitrogen and oxygen atoms in total. The first-order valence-electron chi connectivity index (χ1n) is 9.19. The van der Waals surface area contributed by atoms with Crippen molar-refractivity contribution in [2.75, 3.05) is 23.7 Å². The molecule has 3 N–H and O–H groups in total. The number of nitrogen functional groups attached to an aromatic ring is 1. The zero-order valence-corrected chi connectivity index (χ0v) is 15.1. The summed E-state index contributed by atoms with van der Waals surface area (Å²) >= 11 is 0. The van der Waals surface area contributed by atoms with Crippen LogP contribution in [0.15, 0.2) is 55.0 Å². The van der Waals surface area contributed by atoms with Crippen LogP contribution in [0.25, 0.3) is 11.3 Å². The summed E-state index contributed by atoms with van der Waals surface area (Å²) in [7, 11) is 0. The quantitative estimate of drug-likeness (QED) is 0.696. The fourth-order valence-electron chi connectivity index (χ4n) is 3.35. The molecule has 0 aliphatic carbocycles. The summed E-state index contributed by atoms with van der Waals surface area (Å²) in [5, 5.41) is 8.68. The summed E-state index contributed by atoms with van der Waals surface area (Å²) in [6, 6.07) is 11.5. The van der Waals surface area contributed by atoms with E-state index in [0.717, 1.165) is 30.2 Å². The minimum absolute atomic E-state index is 0.305. The van der Waals surface area contributed by atoms with Gasteiger partial charge in [-0.1, -0.05) is 6.07 Å². The molecule has 0 saturated carbocycles. The molecule has 136 valence electrons. The van der Waals surface area contributed by atoms with E-state index in [1.165, 1.54) is 19.3 Å². The summed E-state index contributed by atoms with van der Waals surface area (Å²) in [5.41, 5.74) is 9.78. The van der Waals surface area contributed by atoms with E-state index in [9.17, 15) is 0 Å². The smallest absolute Gasteiger partial charge is 0.129 e. The zero-order valence-electron chi connectivity index (χ0n) is 15.1. The SMILES string of the molecule is N=C(c1cccc(N2CCCCC2)n1)c1cc(-c2cccnc2)ncc1N. The number of anilines is 2. The Morgan fingerprint density at radius 3 is 2.67 bits per heavy atom. The minimum atomic E-state index is 0.305. The lowest BCUT2D eigenvalue weighted by Crippen LogP contribution is -2.30. The first-order valence-corrected chi connectivity index (χ1v) is 9.19. The first kappa shape index (κ1) is 17.1. The second-order valence-corrected chi connectivity index (χ2v) is 6.70. The van der Waals surface area contributed by atoms with Crippen molar-refractivity contribution in [2.45, 2.75) is 19.3 Å². The van der Waals surface area contributed by atoms with Gasteiger partial charge in [-0.15, -0.1) is 0 Å². The van der Waals surface area contributed by atoms with Crippen LogP contribution in [0.5, 0.6) is 0 Å². The lowest BCUT2D eigenvalue weighted by molar-refractivity contribution is 0.573. The summed E-state index contributed by atoms with van der Waals surface area (Å²) in [5.74, 6) is 0.928. The average molecular weight is 358 g/mol. The molecule has 6 heteroatoms. The van der Waals surface area contributed by atoms with Gasteiger partial charge in [-0.05, 0) is 49.6 Å². The van der Waals surface area contributed by atoms with E-state index in [1.807, 2.05) is 36.4 Å². The molecule has 0 spiro atoms. The van der Waals surface area contributed by atoms with Crippen molar-refractivity contribution in [3.05, 3.63) is 66.2 Å². The molecule has 3 aromatic heterocycles. The number of hydrogen-bond acceptors (Lipinski definition) is 6. The van der Waals surface area contributed by atoms with Gasteiger partial charge in [0.2, 0.25) is 0 Å². The molecular formula is C21H22N6. The van der Waals surface area contributed by atoms with E-state index in [2.05, 4.69) is 14.9 Å². The van der Waals surface area contributed by atoms with Crippen molar-refractivity contribution in [3.8, 4) is 11.3 Å². The maximum absolute atomic E-state index is 8.68. The number of pyridine rings is 3. The van der Waals surface area contributed by atoms with Crippen LogP contribution < -0.4 is 10.6 Å². The molecule has 1 saturated heterocycles. The van der Waals surface area contributed by atoms with Crippen LogP contribution in [-0.2, 0) is 0 Å². The minimum Gasteiger partial charge on any atom is -0.397 e. The second kappa shape index (κ2) is 7.53. The number of aromatic nitrogens is 3. The molecule has 0 radical (unpaired) electrons. The molecule has 0 amide bonds. The summed E-state index contributed by atoms with van der Waals surface area (Å²) in [4.78, 5) is 15.5. The molecular weight excluding hydrogens is 336 g/mol. The highest BCUT2D eigenvalue weighted by molar-refractivity contribution is 6.13. The van der Waals surface area contributed by atoms with E-state index in [1.54, 1.807) is 18.6 Å². The molecule has 0 bridgehead atoms. The molecule has 1 aliphatic rings. The van der Waals surface area contributed by atoms with E-state index >= 15 is 0 Å². The van der Waals surface area contributed by atoms with Gasteiger partial charge in [-0.25, -0.2) is 4.98 Å². The molecule has 0 aromatic carbocycles. The Labute approximate surface area is 158 Å². The molecule has 4 rings (SSSR count). The van der Waals surface area contributed by atoms with Gasteiger partial charge in [0.05, 0.1) is 29.0 Å². The van der Waals surface area contributed by atoms with E-state index in [-0.39, 0.29) is 0 Å². The number of nitrogens with zero attached hydrogens (tertiary/aromatic N) is 4. The van der Waals surface area contributed by atoms with Crippen LogP contribution in [0.1, 0.15) is 30.5 Å². The predicted molar refractivity (Wildman–Crippen MR) is 108 cm³/mol. The van der Waals surface area contributed by atoms with Gasteiger partial charge < -0.3 is 10.6 Å². The van der Waals surface area contributed by atoms with Crippen LogP contribution in [0.3, 0.4) is 0 Å². The second-order valence-electron chi connectivity index (χ2n) is 6.70. The molecule has 3 aromatic rings. The normalized spacial score (nSPS) is 14.1. The molecule has 1 aliphatic heterocycles. The number of nitrogens with one attached hydrogen (secondary N) is 1. The van der Waals surface area contributed by atoms with E-state index in [0.29, 0.717) is 22.7 Å². The van der Waals surface area contributed by atoms with Gasteiger partial charge in [-0.2, -0.15) is 0 Å². The Balaban J connectivity index is 1.66. The van der Waals surface area contributed by atoms with E-state index in [4.69, 9.17) is 16.1 Å². The number of piperidine rings is 1. The maximum Gasteiger partial charge on any atom is 0.129 e. The monoisotopic (exact) mass is 358 g/mol. The molecule has 4 heterocycles. The van der Waals surface area contributed by atoms with Crippen LogP contribution in [-0.4, -0.2) is 33.8 Å².